The minimum Gasteiger partial charge on any atom is -0.309 e. The number of halogens is 2. The van der Waals surface area contributed by atoms with Gasteiger partial charge in [-0.15, -0.1) is 11.3 Å². The van der Waals surface area contributed by atoms with E-state index in [2.05, 4.69) is 11.4 Å². The van der Waals surface area contributed by atoms with E-state index in [9.17, 15) is 4.39 Å². The van der Waals surface area contributed by atoms with Crippen molar-refractivity contribution in [1.29, 1.82) is 0 Å². The van der Waals surface area contributed by atoms with Gasteiger partial charge in [-0.05, 0) is 55.8 Å². The molecule has 1 N–H and O–H groups in total. The molecule has 1 aromatic heterocycles. The smallest absolute Gasteiger partial charge is 0.123 e. The highest BCUT2D eigenvalue weighted by molar-refractivity contribution is 7.16. The predicted molar refractivity (Wildman–Crippen MR) is 76.1 cm³/mol. The Hall–Kier alpha value is -0.900. The van der Waals surface area contributed by atoms with Gasteiger partial charge in [0.25, 0.3) is 0 Å². The second-order valence-electron chi connectivity index (χ2n) is 4.39. The first-order valence-corrected chi connectivity index (χ1v) is 6.91. The number of hydrogen-bond acceptors (Lipinski definition) is 2. The summed E-state index contributed by atoms with van der Waals surface area (Å²) in [4.78, 5) is 1.10. The summed E-state index contributed by atoms with van der Waals surface area (Å²) >= 11 is 7.63. The summed E-state index contributed by atoms with van der Waals surface area (Å²) < 4.78 is 14.3. The number of thiophene rings is 1. The number of hydrogen-bond donors (Lipinski definition) is 1. The normalized spacial score (nSPS) is 12.7. The monoisotopic (exact) mass is 283 g/mol. The SMILES string of the molecule is CNC(c1cc(C)cc(F)c1)c1cc(C)c(Cl)s1. The van der Waals surface area contributed by atoms with Crippen LogP contribution < -0.4 is 5.32 Å². The highest BCUT2D eigenvalue weighted by Gasteiger charge is 2.16. The van der Waals surface area contributed by atoms with E-state index in [1.165, 1.54) is 17.4 Å². The van der Waals surface area contributed by atoms with E-state index in [0.717, 1.165) is 25.9 Å². The van der Waals surface area contributed by atoms with Gasteiger partial charge in [-0.3, -0.25) is 0 Å². The molecule has 2 rings (SSSR count). The first-order chi connectivity index (χ1) is 8.51. The topological polar surface area (TPSA) is 12.0 Å². The Morgan fingerprint density at radius 1 is 1.22 bits per heavy atom. The minimum absolute atomic E-state index is 0.0180. The molecule has 0 spiro atoms. The van der Waals surface area contributed by atoms with Crippen LogP contribution in [-0.4, -0.2) is 7.05 Å². The predicted octanol–water partition coefficient (Wildman–Crippen LogP) is 4.47. The molecule has 0 amide bonds. The summed E-state index contributed by atoms with van der Waals surface area (Å²) in [5, 5.41) is 3.21. The summed E-state index contributed by atoms with van der Waals surface area (Å²) in [7, 11) is 1.87. The maximum atomic E-state index is 13.5. The van der Waals surface area contributed by atoms with Gasteiger partial charge in [0.2, 0.25) is 0 Å². The van der Waals surface area contributed by atoms with Crippen LogP contribution in [-0.2, 0) is 0 Å². The molecule has 2 aromatic rings. The molecule has 18 heavy (non-hydrogen) atoms. The Kier molecular flexibility index (Phi) is 4.05. The third-order valence-electron chi connectivity index (χ3n) is 2.85. The molecule has 0 aliphatic carbocycles. The van der Waals surface area contributed by atoms with Gasteiger partial charge < -0.3 is 5.32 Å². The average molecular weight is 284 g/mol. The van der Waals surface area contributed by atoms with E-state index < -0.39 is 0 Å². The molecule has 4 heteroatoms. The molecule has 1 unspecified atom stereocenters. The third kappa shape index (κ3) is 2.74. The van der Waals surface area contributed by atoms with Crippen LogP contribution in [0.4, 0.5) is 4.39 Å². The molecule has 0 saturated carbocycles. The zero-order valence-corrected chi connectivity index (χ0v) is 12.1. The second-order valence-corrected chi connectivity index (χ2v) is 6.07. The quantitative estimate of drug-likeness (QED) is 0.876. The lowest BCUT2D eigenvalue weighted by Gasteiger charge is -2.15. The fraction of sp³-hybridized carbons (Fsp3) is 0.286. The largest absolute Gasteiger partial charge is 0.309 e. The molecule has 0 fully saturated rings. The van der Waals surface area contributed by atoms with Crippen LogP contribution in [0.3, 0.4) is 0 Å². The molecule has 1 atom stereocenters. The first-order valence-electron chi connectivity index (χ1n) is 5.71. The molecule has 0 saturated heterocycles. The zero-order valence-electron chi connectivity index (χ0n) is 10.6. The lowest BCUT2D eigenvalue weighted by Crippen LogP contribution is -2.16. The van der Waals surface area contributed by atoms with Gasteiger partial charge in [0.1, 0.15) is 5.82 Å². The fourth-order valence-electron chi connectivity index (χ4n) is 2.03. The summed E-state index contributed by atoms with van der Waals surface area (Å²) in [6.45, 7) is 3.87. The first kappa shape index (κ1) is 13.5. The van der Waals surface area contributed by atoms with Crippen molar-refractivity contribution in [2.24, 2.45) is 0 Å². The highest BCUT2D eigenvalue weighted by Crippen LogP contribution is 2.34. The lowest BCUT2D eigenvalue weighted by molar-refractivity contribution is 0.616. The molecular weight excluding hydrogens is 269 g/mol. The standard InChI is InChI=1S/C14H15ClFNS/c1-8-4-10(7-11(16)5-8)13(17-3)12-6-9(2)14(15)18-12/h4-7,13,17H,1-3H3. The van der Waals surface area contributed by atoms with Crippen molar-refractivity contribution in [2.75, 3.05) is 7.05 Å². The highest BCUT2D eigenvalue weighted by atomic mass is 35.5. The van der Waals surface area contributed by atoms with Gasteiger partial charge in [-0.25, -0.2) is 4.39 Å². The Labute approximate surface area is 116 Å². The number of aryl methyl sites for hydroxylation is 2. The van der Waals surface area contributed by atoms with Crippen molar-refractivity contribution < 1.29 is 4.39 Å². The maximum Gasteiger partial charge on any atom is 0.123 e. The van der Waals surface area contributed by atoms with E-state index in [4.69, 9.17) is 11.6 Å². The lowest BCUT2D eigenvalue weighted by atomic mass is 10.0. The van der Waals surface area contributed by atoms with Gasteiger partial charge in [0.05, 0.1) is 10.4 Å². The van der Waals surface area contributed by atoms with Crippen LogP contribution in [0.5, 0.6) is 0 Å². The van der Waals surface area contributed by atoms with Crippen LogP contribution in [0.15, 0.2) is 24.3 Å². The van der Waals surface area contributed by atoms with Crippen LogP contribution in [0.2, 0.25) is 4.34 Å². The van der Waals surface area contributed by atoms with E-state index in [1.54, 1.807) is 6.07 Å². The van der Waals surface area contributed by atoms with Crippen molar-refractivity contribution in [3.05, 3.63) is 56.0 Å². The molecule has 0 bridgehead atoms. The van der Waals surface area contributed by atoms with E-state index >= 15 is 0 Å². The van der Waals surface area contributed by atoms with Gasteiger partial charge in [0, 0.05) is 4.88 Å². The molecule has 1 nitrogen and oxygen atoms in total. The van der Waals surface area contributed by atoms with E-state index in [1.807, 2.05) is 27.0 Å². The zero-order chi connectivity index (χ0) is 13.3. The Balaban J connectivity index is 2.44. The third-order valence-corrected chi connectivity index (χ3v) is 4.47. The number of rotatable bonds is 3. The summed E-state index contributed by atoms with van der Waals surface area (Å²) in [5.74, 6) is -0.204. The van der Waals surface area contributed by atoms with Crippen LogP contribution in [0.25, 0.3) is 0 Å². The van der Waals surface area contributed by atoms with Gasteiger partial charge >= 0.3 is 0 Å². The summed E-state index contributed by atoms with van der Waals surface area (Å²) in [6, 6.07) is 7.12. The summed E-state index contributed by atoms with van der Waals surface area (Å²) in [6.07, 6.45) is 0. The Bertz CT molecular complexity index is 525. The van der Waals surface area contributed by atoms with Crippen molar-refractivity contribution in [3.8, 4) is 0 Å². The molecular formula is C14H15ClFNS. The van der Waals surface area contributed by atoms with Gasteiger partial charge in [-0.1, -0.05) is 17.7 Å². The van der Waals surface area contributed by atoms with Crippen molar-refractivity contribution in [2.45, 2.75) is 19.9 Å². The Morgan fingerprint density at radius 3 is 2.44 bits per heavy atom. The van der Waals surface area contributed by atoms with E-state index in [0.29, 0.717) is 0 Å². The summed E-state index contributed by atoms with van der Waals surface area (Å²) in [5.41, 5.74) is 2.91. The molecule has 1 aromatic carbocycles. The van der Waals surface area contributed by atoms with E-state index in [-0.39, 0.29) is 11.9 Å². The van der Waals surface area contributed by atoms with Crippen molar-refractivity contribution in [1.82, 2.24) is 5.32 Å². The van der Waals surface area contributed by atoms with Gasteiger partial charge in [-0.2, -0.15) is 0 Å². The molecule has 96 valence electrons. The fourth-order valence-corrected chi connectivity index (χ4v) is 3.39. The van der Waals surface area contributed by atoms with Crippen LogP contribution in [0, 0.1) is 19.7 Å². The van der Waals surface area contributed by atoms with Crippen molar-refractivity contribution >= 4 is 22.9 Å². The van der Waals surface area contributed by atoms with Crippen LogP contribution >= 0.6 is 22.9 Å². The van der Waals surface area contributed by atoms with Crippen LogP contribution in [0.1, 0.15) is 27.6 Å². The maximum absolute atomic E-state index is 13.5. The van der Waals surface area contributed by atoms with Crippen molar-refractivity contribution in [3.63, 3.8) is 0 Å². The van der Waals surface area contributed by atoms with Gasteiger partial charge in [0.15, 0.2) is 0 Å². The molecule has 1 heterocycles. The average Bonchev–Trinajstić information content (AvgIpc) is 2.58. The number of nitrogens with one attached hydrogen (secondary N) is 1. The Morgan fingerprint density at radius 2 is 1.94 bits per heavy atom. The molecule has 0 aliphatic heterocycles. The number of benzene rings is 1. The molecule has 0 radical (unpaired) electrons. The minimum atomic E-state index is -0.204. The second kappa shape index (κ2) is 5.39. The molecule has 0 aliphatic rings.